The second kappa shape index (κ2) is 5.47. The molecule has 0 aromatic rings. The molecule has 4 heteroatoms. The second-order valence-corrected chi connectivity index (χ2v) is 7.12. The first kappa shape index (κ1) is 13.7. The molecule has 0 spiro atoms. The minimum absolute atomic E-state index is 0.116. The van der Waals surface area contributed by atoms with Gasteiger partial charge in [0.05, 0.1) is 6.61 Å². The van der Waals surface area contributed by atoms with E-state index in [9.17, 15) is 0 Å². The van der Waals surface area contributed by atoms with Crippen LogP contribution in [0.15, 0.2) is 0 Å². The molecule has 3 nitrogen and oxygen atoms in total. The van der Waals surface area contributed by atoms with Crippen LogP contribution >= 0.6 is 11.8 Å². The Labute approximate surface area is 109 Å². The minimum atomic E-state index is 0.116. The predicted octanol–water partition coefficient (Wildman–Crippen LogP) is 1.57. The first-order valence-electron chi connectivity index (χ1n) is 6.75. The van der Waals surface area contributed by atoms with Crippen LogP contribution in [-0.4, -0.2) is 53.8 Å². The average Bonchev–Trinajstić information content (AvgIpc) is 2.86. The Morgan fingerprint density at radius 1 is 1.47 bits per heavy atom. The minimum Gasteiger partial charge on any atom is -0.381 e. The van der Waals surface area contributed by atoms with E-state index in [0.29, 0.717) is 17.2 Å². The molecule has 0 amide bonds. The summed E-state index contributed by atoms with van der Waals surface area (Å²) < 4.78 is 5.57. The molecular formula is C13H26N2OS. The molecular weight excluding hydrogens is 232 g/mol. The van der Waals surface area contributed by atoms with Gasteiger partial charge in [-0.05, 0) is 20.3 Å². The Balaban J connectivity index is 2.15. The van der Waals surface area contributed by atoms with Gasteiger partial charge >= 0.3 is 0 Å². The number of nitrogens with two attached hydrogens (primary N) is 1. The maximum absolute atomic E-state index is 6.12. The topological polar surface area (TPSA) is 38.5 Å². The van der Waals surface area contributed by atoms with Crippen molar-refractivity contribution in [3.8, 4) is 0 Å². The lowest BCUT2D eigenvalue weighted by Gasteiger charge is -2.51. The molecule has 2 aliphatic heterocycles. The summed E-state index contributed by atoms with van der Waals surface area (Å²) in [4.78, 5) is 2.65. The summed E-state index contributed by atoms with van der Waals surface area (Å²) in [5.41, 5.74) is 6.24. The molecule has 2 saturated heterocycles. The normalized spacial score (nSPS) is 39.2. The van der Waals surface area contributed by atoms with E-state index in [1.165, 1.54) is 18.7 Å². The van der Waals surface area contributed by atoms with E-state index in [1.54, 1.807) is 0 Å². The van der Waals surface area contributed by atoms with Crippen molar-refractivity contribution in [1.82, 2.24) is 4.90 Å². The van der Waals surface area contributed by atoms with Gasteiger partial charge in [-0.2, -0.15) is 11.8 Å². The first-order chi connectivity index (χ1) is 8.09. The van der Waals surface area contributed by atoms with Crippen LogP contribution in [0.25, 0.3) is 0 Å². The highest BCUT2D eigenvalue weighted by Gasteiger charge is 2.44. The van der Waals surface area contributed by atoms with Crippen LogP contribution in [-0.2, 0) is 4.74 Å². The fourth-order valence-electron chi connectivity index (χ4n) is 3.20. The van der Waals surface area contributed by atoms with Gasteiger partial charge in [-0.3, -0.25) is 4.90 Å². The zero-order valence-corrected chi connectivity index (χ0v) is 12.1. The lowest BCUT2D eigenvalue weighted by molar-refractivity contribution is 0.0183. The van der Waals surface area contributed by atoms with Gasteiger partial charge in [0, 0.05) is 48.2 Å². The molecule has 2 N–H and O–H groups in total. The number of ether oxygens (including phenoxy) is 1. The molecule has 2 heterocycles. The third-order valence-corrected chi connectivity index (χ3v) is 6.10. The van der Waals surface area contributed by atoms with Crippen LogP contribution in [0.2, 0.25) is 0 Å². The van der Waals surface area contributed by atoms with Crippen molar-refractivity contribution >= 4 is 11.8 Å². The molecule has 2 rings (SSSR count). The van der Waals surface area contributed by atoms with E-state index in [-0.39, 0.29) is 5.54 Å². The Kier molecular flexibility index (Phi) is 4.40. The highest BCUT2D eigenvalue weighted by molar-refractivity contribution is 8.00. The van der Waals surface area contributed by atoms with E-state index in [0.717, 1.165) is 19.8 Å². The van der Waals surface area contributed by atoms with Crippen molar-refractivity contribution in [2.24, 2.45) is 11.7 Å². The van der Waals surface area contributed by atoms with Crippen LogP contribution in [0.5, 0.6) is 0 Å². The molecule has 2 aliphatic rings. The molecule has 4 unspecified atom stereocenters. The summed E-state index contributed by atoms with van der Waals surface area (Å²) in [5, 5.41) is 0.706. The van der Waals surface area contributed by atoms with E-state index in [4.69, 9.17) is 10.5 Å². The standard InChI is InChI=1S/C13H26N2OS/c1-10-11(2)17-7-5-15(10)13(3,9-14)12-4-6-16-8-12/h10-12H,4-9,14H2,1-3H3. The molecule has 0 aliphatic carbocycles. The molecule has 4 atom stereocenters. The van der Waals surface area contributed by atoms with E-state index >= 15 is 0 Å². The van der Waals surface area contributed by atoms with Crippen LogP contribution in [0, 0.1) is 5.92 Å². The Morgan fingerprint density at radius 2 is 2.24 bits per heavy atom. The van der Waals surface area contributed by atoms with Crippen LogP contribution in [0.1, 0.15) is 27.2 Å². The smallest absolute Gasteiger partial charge is 0.0513 e. The van der Waals surface area contributed by atoms with Gasteiger partial charge in [-0.15, -0.1) is 0 Å². The van der Waals surface area contributed by atoms with Crippen molar-refractivity contribution in [2.45, 2.75) is 44.0 Å². The van der Waals surface area contributed by atoms with E-state index in [1.807, 2.05) is 0 Å². The quantitative estimate of drug-likeness (QED) is 0.834. The lowest BCUT2D eigenvalue weighted by atomic mass is 9.82. The molecule has 0 bridgehead atoms. The van der Waals surface area contributed by atoms with Gasteiger partial charge in [0.15, 0.2) is 0 Å². The number of nitrogens with zero attached hydrogens (tertiary/aromatic N) is 1. The Bertz CT molecular complexity index is 258. The monoisotopic (exact) mass is 258 g/mol. The zero-order valence-electron chi connectivity index (χ0n) is 11.3. The SMILES string of the molecule is CC1SCCN(C(C)(CN)C2CCOC2)C1C. The third kappa shape index (κ3) is 2.50. The number of hydrogen-bond donors (Lipinski definition) is 1. The number of rotatable bonds is 3. The zero-order chi connectivity index (χ0) is 12.5. The highest BCUT2D eigenvalue weighted by Crippen LogP contribution is 2.36. The molecule has 0 radical (unpaired) electrons. The van der Waals surface area contributed by atoms with Crippen molar-refractivity contribution in [3.63, 3.8) is 0 Å². The van der Waals surface area contributed by atoms with Gasteiger partial charge in [-0.25, -0.2) is 0 Å². The van der Waals surface area contributed by atoms with E-state index < -0.39 is 0 Å². The second-order valence-electron chi connectivity index (χ2n) is 5.63. The largest absolute Gasteiger partial charge is 0.381 e. The molecule has 100 valence electrons. The highest BCUT2D eigenvalue weighted by atomic mass is 32.2. The summed E-state index contributed by atoms with van der Waals surface area (Å²) in [7, 11) is 0. The molecule has 0 saturated carbocycles. The Morgan fingerprint density at radius 3 is 2.82 bits per heavy atom. The van der Waals surface area contributed by atoms with Crippen LogP contribution in [0.4, 0.5) is 0 Å². The van der Waals surface area contributed by atoms with Gasteiger partial charge in [-0.1, -0.05) is 6.92 Å². The summed E-state index contributed by atoms with van der Waals surface area (Å²) in [6.07, 6.45) is 1.17. The van der Waals surface area contributed by atoms with Crippen molar-refractivity contribution < 1.29 is 4.74 Å². The molecule has 0 aromatic carbocycles. The van der Waals surface area contributed by atoms with Crippen LogP contribution in [0.3, 0.4) is 0 Å². The fourth-order valence-corrected chi connectivity index (χ4v) is 4.30. The average molecular weight is 258 g/mol. The molecule has 2 fully saturated rings. The fraction of sp³-hybridized carbons (Fsp3) is 1.00. The summed E-state index contributed by atoms with van der Waals surface area (Å²) in [6.45, 7) is 10.7. The van der Waals surface area contributed by atoms with E-state index in [2.05, 4.69) is 37.4 Å². The first-order valence-corrected chi connectivity index (χ1v) is 7.80. The Hall–Kier alpha value is 0.230. The van der Waals surface area contributed by atoms with Crippen molar-refractivity contribution in [2.75, 3.05) is 32.1 Å². The van der Waals surface area contributed by atoms with Gasteiger partial charge in [0.1, 0.15) is 0 Å². The lowest BCUT2D eigenvalue weighted by Crippen LogP contribution is -2.63. The summed E-state index contributed by atoms with van der Waals surface area (Å²) in [5.74, 6) is 1.83. The number of thioether (sulfide) groups is 1. The molecule has 17 heavy (non-hydrogen) atoms. The number of hydrogen-bond acceptors (Lipinski definition) is 4. The predicted molar refractivity (Wildman–Crippen MR) is 74.5 cm³/mol. The maximum Gasteiger partial charge on any atom is 0.0513 e. The van der Waals surface area contributed by atoms with Crippen molar-refractivity contribution in [1.29, 1.82) is 0 Å². The van der Waals surface area contributed by atoms with Gasteiger partial charge < -0.3 is 10.5 Å². The maximum atomic E-state index is 6.12. The van der Waals surface area contributed by atoms with Crippen LogP contribution < -0.4 is 5.73 Å². The van der Waals surface area contributed by atoms with Gasteiger partial charge in [0.2, 0.25) is 0 Å². The summed E-state index contributed by atoms with van der Waals surface area (Å²) >= 11 is 2.09. The summed E-state index contributed by atoms with van der Waals surface area (Å²) in [6, 6.07) is 0.614. The van der Waals surface area contributed by atoms with Gasteiger partial charge in [0.25, 0.3) is 0 Å². The third-order valence-electron chi connectivity index (χ3n) is 4.76. The molecule has 0 aromatic heterocycles. The van der Waals surface area contributed by atoms with Crippen molar-refractivity contribution in [3.05, 3.63) is 0 Å².